The zero-order valence-electron chi connectivity index (χ0n) is 18.8. The van der Waals surface area contributed by atoms with Crippen molar-refractivity contribution in [2.24, 2.45) is 5.92 Å². The van der Waals surface area contributed by atoms with Gasteiger partial charge in [0.2, 0.25) is 0 Å². The number of hydrogen-bond donors (Lipinski definition) is 0. The van der Waals surface area contributed by atoms with Crippen LogP contribution >= 0.6 is 0 Å². The smallest absolute Gasteiger partial charge is 0.170 e. The molecule has 0 spiro atoms. The first-order valence-electron chi connectivity index (χ1n) is 11.9. The van der Waals surface area contributed by atoms with Crippen molar-refractivity contribution in [2.45, 2.75) is 64.2 Å². The molecule has 0 saturated heterocycles. The molecular weight excluding hydrogens is 405 g/mol. The van der Waals surface area contributed by atoms with Crippen LogP contribution in [-0.2, 0) is 0 Å². The fourth-order valence-corrected chi connectivity index (χ4v) is 5.18. The van der Waals surface area contributed by atoms with Gasteiger partial charge < -0.3 is 0 Å². The van der Waals surface area contributed by atoms with Crippen molar-refractivity contribution in [2.75, 3.05) is 0 Å². The molecule has 0 radical (unpaired) electrons. The Balaban J connectivity index is 1.53. The summed E-state index contributed by atoms with van der Waals surface area (Å²) in [5.41, 5.74) is 2.28. The van der Waals surface area contributed by atoms with E-state index in [1.807, 2.05) is 12.1 Å². The second-order valence-corrected chi connectivity index (χ2v) is 9.16. The first-order chi connectivity index (χ1) is 15.5. The summed E-state index contributed by atoms with van der Waals surface area (Å²) in [5.74, 6) is -1.54. The van der Waals surface area contributed by atoms with Gasteiger partial charge in [0.15, 0.2) is 11.6 Å². The average molecular weight is 437 g/mol. The second-order valence-electron chi connectivity index (χ2n) is 9.16. The van der Waals surface area contributed by atoms with Gasteiger partial charge in [0, 0.05) is 11.1 Å². The van der Waals surface area contributed by atoms with E-state index in [4.69, 9.17) is 0 Å². The van der Waals surface area contributed by atoms with Gasteiger partial charge in [-0.15, -0.1) is 0 Å². The summed E-state index contributed by atoms with van der Waals surface area (Å²) in [6.45, 7) is 5.74. The topological polar surface area (TPSA) is 0 Å². The molecule has 3 aromatic carbocycles. The molecule has 0 amide bonds. The van der Waals surface area contributed by atoms with Crippen LogP contribution in [0, 0.1) is 23.4 Å². The second kappa shape index (κ2) is 9.94. The SMILES string of the molecule is C=Cc1cc2ccc(-c3ccc(C4CCC(CCCCC)CC4)cc3)c(F)c2c(F)c1F. The lowest BCUT2D eigenvalue weighted by atomic mass is 9.77. The zero-order chi connectivity index (χ0) is 22.7. The summed E-state index contributed by atoms with van der Waals surface area (Å²) in [6, 6.07) is 12.6. The fraction of sp³-hybridized carbons (Fsp3) is 0.379. The quantitative estimate of drug-likeness (QED) is 0.324. The van der Waals surface area contributed by atoms with Crippen molar-refractivity contribution in [3.05, 3.63) is 77.6 Å². The van der Waals surface area contributed by atoms with Gasteiger partial charge in [-0.1, -0.05) is 81.7 Å². The van der Waals surface area contributed by atoms with Crippen molar-refractivity contribution < 1.29 is 13.2 Å². The third-order valence-electron chi connectivity index (χ3n) is 7.13. The molecule has 3 aromatic rings. The normalized spacial score (nSPS) is 18.8. The highest BCUT2D eigenvalue weighted by molar-refractivity contribution is 5.90. The van der Waals surface area contributed by atoms with E-state index in [1.165, 1.54) is 69.1 Å². The van der Waals surface area contributed by atoms with Crippen LogP contribution < -0.4 is 0 Å². The lowest BCUT2D eigenvalue weighted by Crippen LogP contribution is -2.13. The molecular formula is C29H31F3. The van der Waals surface area contributed by atoms with Crippen LogP contribution in [0.5, 0.6) is 0 Å². The Bertz CT molecular complexity index is 1090. The Labute approximate surface area is 189 Å². The minimum absolute atomic E-state index is 0.0339. The van der Waals surface area contributed by atoms with Gasteiger partial charge >= 0.3 is 0 Å². The van der Waals surface area contributed by atoms with Gasteiger partial charge in [-0.2, -0.15) is 0 Å². The summed E-state index contributed by atoms with van der Waals surface area (Å²) < 4.78 is 44.0. The van der Waals surface area contributed by atoms with Crippen LogP contribution in [0.25, 0.3) is 28.0 Å². The molecule has 0 atom stereocenters. The van der Waals surface area contributed by atoms with Crippen molar-refractivity contribution in [3.63, 3.8) is 0 Å². The molecule has 1 saturated carbocycles. The van der Waals surface area contributed by atoms with E-state index in [0.717, 1.165) is 5.92 Å². The summed E-state index contributed by atoms with van der Waals surface area (Å²) in [4.78, 5) is 0. The maximum absolute atomic E-state index is 15.2. The molecule has 0 heterocycles. The number of hydrogen-bond acceptors (Lipinski definition) is 0. The molecule has 1 fully saturated rings. The Morgan fingerprint density at radius 2 is 1.59 bits per heavy atom. The Morgan fingerprint density at radius 3 is 2.25 bits per heavy atom. The van der Waals surface area contributed by atoms with Crippen molar-refractivity contribution in [1.29, 1.82) is 0 Å². The van der Waals surface area contributed by atoms with Crippen LogP contribution in [-0.4, -0.2) is 0 Å². The van der Waals surface area contributed by atoms with Crippen molar-refractivity contribution >= 4 is 16.8 Å². The first-order valence-corrected chi connectivity index (χ1v) is 11.9. The first kappa shape index (κ1) is 22.6. The summed E-state index contributed by atoms with van der Waals surface area (Å²) in [7, 11) is 0. The van der Waals surface area contributed by atoms with E-state index in [9.17, 15) is 8.78 Å². The zero-order valence-corrected chi connectivity index (χ0v) is 18.8. The molecule has 1 aliphatic carbocycles. The monoisotopic (exact) mass is 436 g/mol. The Hall–Kier alpha value is -2.55. The van der Waals surface area contributed by atoms with Crippen LogP contribution in [0.2, 0.25) is 0 Å². The minimum Gasteiger partial charge on any atom is -0.206 e. The molecule has 0 unspecified atom stereocenters. The lowest BCUT2D eigenvalue weighted by Gasteiger charge is -2.29. The lowest BCUT2D eigenvalue weighted by molar-refractivity contribution is 0.303. The highest BCUT2D eigenvalue weighted by atomic mass is 19.2. The van der Waals surface area contributed by atoms with Crippen LogP contribution in [0.1, 0.15) is 75.3 Å². The maximum Gasteiger partial charge on any atom is 0.170 e. The maximum atomic E-state index is 15.2. The molecule has 4 rings (SSSR count). The number of halogens is 3. The summed E-state index contributed by atoms with van der Waals surface area (Å²) in [5, 5.41) is 0.0171. The molecule has 0 N–H and O–H groups in total. The van der Waals surface area contributed by atoms with E-state index in [0.29, 0.717) is 16.9 Å². The van der Waals surface area contributed by atoms with Crippen molar-refractivity contribution in [3.8, 4) is 11.1 Å². The minimum atomic E-state index is -1.16. The van der Waals surface area contributed by atoms with Crippen LogP contribution in [0.3, 0.4) is 0 Å². The van der Waals surface area contributed by atoms with E-state index in [-0.39, 0.29) is 16.5 Å². The van der Waals surface area contributed by atoms with E-state index >= 15 is 4.39 Å². The van der Waals surface area contributed by atoms with E-state index in [2.05, 4.69) is 25.6 Å². The van der Waals surface area contributed by atoms with Gasteiger partial charge in [-0.25, -0.2) is 13.2 Å². The predicted molar refractivity (Wildman–Crippen MR) is 128 cm³/mol. The molecule has 0 aromatic heterocycles. The summed E-state index contributed by atoms with van der Waals surface area (Å²) in [6.07, 6.45) is 11.5. The fourth-order valence-electron chi connectivity index (χ4n) is 5.18. The van der Waals surface area contributed by atoms with E-state index < -0.39 is 17.5 Å². The molecule has 3 heteroatoms. The highest BCUT2D eigenvalue weighted by Gasteiger charge is 2.23. The highest BCUT2D eigenvalue weighted by Crippen LogP contribution is 2.39. The third kappa shape index (κ3) is 4.48. The van der Waals surface area contributed by atoms with Crippen LogP contribution in [0.15, 0.2) is 49.0 Å². The molecule has 0 bridgehead atoms. The number of fused-ring (bicyclic) bond motifs is 1. The number of unbranched alkanes of at least 4 members (excludes halogenated alkanes) is 2. The standard InChI is InChI=1S/C29H31F3/c1-3-5-6-7-19-8-10-21(11-9-19)22-12-14-23(15-13-22)25-17-16-24-18-20(4-2)27(30)29(32)26(24)28(25)31/h4,12-19,21H,2-3,5-11H2,1H3. The molecule has 1 aliphatic rings. The average Bonchev–Trinajstić information content (AvgIpc) is 2.82. The molecule has 0 nitrogen and oxygen atoms in total. The third-order valence-corrected chi connectivity index (χ3v) is 7.13. The predicted octanol–water partition coefficient (Wildman–Crippen LogP) is 9.42. The van der Waals surface area contributed by atoms with Gasteiger partial charge in [0.25, 0.3) is 0 Å². The number of rotatable bonds is 7. The Morgan fingerprint density at radius 1 is 0.875 bits per heavy atom. The van der Waals surface area contributed by atoms with Gasteiger partial charge in [0.05, 0.1) is 5.39 Å². The largest absolute Gasteiger partial charge is 0.206 e. The van der Waals surface area contributed by atoms with Gasteiger partial charge in [-0.05, 0) is 60.1 Å². The Kier molecular flexibility index (Phi) is 7.03. The van der Waals surface area contributed by atoms with E-state index in [1.54, 1.807) is 12.1 Å². The number of benzene rings is 3. The molecule has 32 heavy (non-hydrogen) atoms. The molecule has 0 aliphatic heterocycles. The van der Waals surface area contributed by atoms with Crippen LogP contribution in [0.4, 0.5) is 13.2 Å². The van der Waals surface area contributed by atoms with Gasteiger partial charge in [-0.3, -0.25) is 0 Å². The van der Waals surface area contributed by atoms with Gasteiger partial charge in [0.1, 0.15) is 5.82 Å². The summed E-state index contributed by atoms with van der Waals surface area (Å²) >= 11 is 0. The van der Waals surface area contributed by atoms with Crippen molar-refractivity contribution in [1.82, 2.24) is 0 Å². The molecule has 168 valence electrons.